The lowest BCUT2D eigenvalue weighted by Gasteiger charge is -2.26. The highest BCUT2D eigenvalue weighted by molar-refractivity contribution is 7.85. The Morgan fingerprint density at radius 3 is 2.71 bits per heavy atom. The number of pyridine rings is 1. The second-order valence-electron chi connectivity index (χ2n) is 8.46. The Morgan fingerprint density at radius 1 is 1.20 bits per heavy atom. The van der Waals surface area contributed by atoms with Crippen LogP contribution in [0.1, 0.15) is 28.8 Å². The average Bonchev–Trinajstić information content (AvgIpc) is 3.26. The van der Waals surface area contributed by atoms with Gasteiger partial charge in [-0.2, -0.15) is 0 Å². The standard InChI is InChI=1S/C24H25ClF2N4O3S/c25-20-12-19(23(33)30-7-9-35(34)10-8-30)13-21(14-20)31-6-2-18-11-17(15-29-22(18)31)1-3-24(26,27)4-5-28-16-32/h2,6,11-16H,1,3-5,7-10H2,(H,28,32). The minimum absolute atomic E-state index is 0.0714. The van der Waals surface area contributed by atoms with Crippen molar-refractivity contribution >= 4 is 45.8 Å². The first kappa shape index (κ1) is 25.2. The molecule has 11 heteroatoms. The van der Waals surface area contributed by atoms with Crippen LogP contribution in [0.5, 0.6) is 0 Å². The normalized spacial score (nSPS) is 14.9. The van der Waals surface area contributed by atoms with E-state index in [1.54, 1.807) is 40.1 Å². The number of aromatic nitrogens is 2. The number of fused-ring (bicyclic) bond motifs is 1. The molecule has 0 saturated carbocycles. The third-order valence-corrected chi connectivity index (χ3v) is 7.45. The summed E-state index contributed by atoms with van der Waals surface area (Å²) in [6.07, 6.45) is 3.18. The molecule has 3 aromatic rings. The SMILES string of the molecule is O=CNCCC(F)(F)CCc1cnc2c(ccn2-c2cc(Cl)cc(C(=O)N3CCS(=O)CC3)c2)c1. The van der Waals surface area contributed by atoms with Gasteiger partial charge in [0.1, 0.15) is 5.65 Å². The quantitative estimate of drug-likeness (QED) is 0.344. The van der Waals surface area contributed by atoms with Crippen molar-refractivity contribution in [1.29, 1.82) is 0 Å². The van der Waals surface area contributed by atoms with Crippen molar-refractivity contribution in [2.75, 3.05) is 31.1 Å². The molecule has 186 valence electrons. The van der Waals surface area contributed by atoms with Gasteiger partial charge in [0, 0.05) is 88.8 Å². The van der Waals surface area contributed by atoms with Gasteiger partial charge in [-0.05, 0) is 42.3 Å². The van der Waals surface area contributed by atoms with Crippen LogP contribution in [0.25, 0.3) is 16.7 Å². The van der Waals surface area contributed by atoms with E-state index in [1.807, 2.05) is 12.1 Å². The third kappa shape index (κ3) is 6.24. The van der Waals surface area contributed by atoms with Gasteiger partial charge in [-0.25, -0.2) is 13.8 Å². The van der Waals surface area contributed by atoms with Crippen LogP contribution < -0.4 is 5.32 Å². The van der Waals surface area contributed by atoms with Gasteiger partial charge in [-0.3, -0.25) is 13.8 Å². The van der Waals surface area contributed by atoms with Gasteiger partial charge in [-0.15, -0.1) is 0 Å². The first-order chi connectivity index (χ1) is 16.8. The minimum atomic E-state index is -2.88. The highest BCUT2D eigenvalue weighted by Crippen LogP contribution is 2.27. The van der Waals surface area contributed by atoms with Crippen LogP contribution >= 0.6 is 11.6 Å². The molecule has 3 heterocycles. The molecule has 0 spiro atoms. The van der Waals surface area contributed by atoms with Gasteiger partial charge < -0.3 is 14.8 Å². The van der Waals surface area contributed by atoms with Crippen LogP contribution in [0.15, 0.2) is 42.7 Å². The van der Waals surface area contributed by atoms with E-state index in [2.05, 4.69) is 10.3 Å². The molecule has 2 amide bonds. The molecule has 0 aliphatic carbocycles. The molecule has 1 saturated heterocycles. The van der Waals surface area contributed by atoms with Gasteiger partial charge in [0.15, 0.2) is 0 Å². The lowest BCUT2D eigenvalue weighted by atomic mass is 10.0. The number of nitrogens with one attached hydrogen (secondary N) is 1. The van der Waals surface area contributed by atoms with E-state index in [0.717, 1.165) is 5.39 Å². The fourth-order valence-electron chi connectivity index (χ4n) is 4.04. The number of nitrogens with zero attached hydrogens (tertiary/aromatic N) is 3. The molecule has 35 heavy (non-hydrogen) atoms. The number of halogens is 3. The summed E-state index contributed by atoms with van der Waals surface area (Å²) in [4.78, 5) is 29.4. The molecule has 2 aromatic heterocycles. The van der Waals surface area contributed by atoms with Gasteiger partial charge in [0.2, 0.25) is 12.3 Å². The summed E-state index contributed by atoms with van der Waals surface area (Å²) >= 11 is 6.33. The third-order valence-electron chi connectivity index (χ3n) is 5.95. The van der Waals surface area contributed by atoms with Crippen LogP contribution in [-0.2, 0) is 22.0 Å². The fourth-order valence-corrected chi connectivity index (χ4v) is 5.32. The van der Waals surface area contributed by atoms with Gasteiger partial charge in [0.05, 0.1) is 0 Å². The monoisotopic (exact) mass is 522 g/mol. The van der Waals surface area contributed by atoms with Gasteiger partial charge in [0.25, 0.3) is 5.91 Å². The van der Waals surface area contributed by atoms with E-state index in [9.17, 15) is 22.6 Å². The predicted molar refractivity (Wildman–Crippen MR) is 132 cm³/mol. The fraction of sp³-hybridized carbons (Fsp3) is 0.375. The van der Waals surface area contributed by atoms with Crippen molar-refractivity contribution in [3.05, 3.63) is 58.9 Å². The molecule has 0 atom stereocenters. The van der Waals surface area contributed by atoms with Gasteiger partial charge in [-0.1, -0.05) is 11.6 Å². The Balaban J connectivity index is 1.52. The van der Waals surface area contributed by atoms with E-state index in [0.29, 0.717) is 58.5 Å². The first-order valence-corrected chi connectivity index (χ1v) is 13.1. The Morgan fingerprint density at radius 2 is 1.97 bits per heavy atom. The largest absolute Gasteiger partial charge is 0.358 e. The predicted octanol–water partition coefficient (Wildman–Crippen LogP) is 3.59. The number of alkyl halides is 2. The Bertz CT molecular complexity index is 1260. The maximum absolute atomic E-state index is 14.0. The van der Waals surface area contributed by atoms with E-state index < -0.39 is 23.1 Å². The average molecular weight is 523 g/mol. The lowest BCUT2D eigenvalue weighted by Crippen LogP contribution is -2.41. The molecule has 1 N–H and O–H groups in total. The van der Waals surface area contributed by atoms with E-state index in [1.165, 1.54) is 0 Å². The van der Waals surface area contributed by atoms with Crippen molar-refractivity contribution in [3.63, 3.8) is 0 Å². The molecule has 7 nitrogen and oxygen atoms in total. The molecule has 1 aliphatic heterocycles. The maximum Gasteiger partial charge on any atom is 0.254 e. The first-order valence-electron chi connectivity index (χ1n) is 11.2. The zero-order chi connectivity index (χ0) is 25.0. The zero-order valence-electron chi connectivity index (χ0n) is 18.9. The lowest BCUT2D eigenvalue weighted by molar-refractivity contribution is -0.109. The Labute approximate surface area is 208 Å². The van der Waals surface area contributed by atoms with Crippen LogP contribution in [-0.4, -0.2) is 68.0 Å². The van der Waals surface area contributed by atoms with E-state index >= 15 is 0 Å². The highest BCUT2D eigenvalue weighted by Gasteiger charge is 2.28. The van der Waals surface area contributed by atoms with Crippen LogP contribution in [0.4, 0.5) is 8.78 Å². The molecule has 1 aliphatic rings. The summed E-state index contributed by atoms with van der Waals surface area (Å²) in [5.41, 5.74) is 2.39. The molecular weight excluding hydrogens is 498 g/mol. The van der Waals surface area contributed by atoms with Crippen molar-refractivity contribution < 1.29 is 22.6 Å². The summed E-state index contributed by atoms with van der Waals surface area (Å²) in [6.45, 7) is 0.811. The number of benzene rings is 1. The number of hydrogen-bond acceptors (Lipinski definition) is 4. The number of rotatable bonds is 9. The Kier molecular flexibility index (Phi) is 7.81. The molecule has 0 bridgehead atoms. The smallest absolute Gasteiger partial charge is 0.254 e. The molecule has 0 radical (unpaired) electrons. The molecular formula is C24H25ClF2N4O3S. The van der Waals surface area contributed by atoms with Crippen molar-refractivity contribution in [2.45, 2.75) is 25.2 Å². The second-order valence-corrected chi connectivity index (χ2v) is 10.6. The summed E-state index contributed by atoms with van der Waals surface area (Å²) in [7, 11) is -0.883. The maximum atomic E-state index is 14.0. The zero-order valence-corrected chi connectivity index (χ0v) is 20.5. The number of aryl methyl sites for hydroxylation is 1. The van der Waals surface area contributed by atoms with Gasteiger partial charge >= 0.3 is 0 Å². The summed E-state index contributed by atoms with van der Waals surface area (Å²) in [5.74, 6) is -2.12. The van der Waals surface area contributed by atoms with E-state index in [4.69, 9.17) is 11.6 Å². The minimum Gasteiger partial charge on any atom is -0.358 e. The van der Waals surface area contributed by atoms with Crippen molar-refractivity contribution in [3.8, 4) is 5.69 Å². The molecule has 4 rings (SSSR count). The Hall–Kier alpha value is -2.85. The molecule has 1 aromatic carbocycles. The van der Waals surface area contributed by atoms with Crippen molar-refractivity contribution in [2.24, 2.45) is 0 Å². The van der Waals surface area contributed by atoms with Crippen LogP contribution in [0.2, 0.25) is 5.02 Å². The van der Waals surface area contributed by atoms with Crippen LogP contribution in [0, 0.1) is 0 Å². The number of amides is 2. The second kappa shape index (κ2) is 10.8. The number of carbonyl (C=O) groups excluding carboxylic acids is 2. The number of carbonyl (C=O) groups is 2. The summed E-state index contributed by atoms with van der Waals surface area (Å²) in [6, 6.07) is 8.74. The van der Waals surface area contributed by atoms with Crippen LogP contribution in [0.3, 0.4) is 0 Å². The highest BCUT2D eigenvalue weighted by atomic mass is 35.5. The van der Waals surface area contributed by atoms with E-state index in [-0.39, 0.29) is 25.3 Å². The summed E-state index contributed by atoms with van der Waals surface area (Å²) in [5, 5.41) is 3.44. The summed E-state index contributed by atoms with van der Waals surface area (Å²) < 4.78 is 41.5. The molecule has 1 fully saturated rings. The topological polar surface area (TPSA) is 84.3 Å². The molecule has 0 unspecified atom stereocenters. The number of hydrogen-bond donors (Lipinski definition) is 1. The van der Waals surface area contributed by atoms with Crippen molar-refractivity contribution in [1.82, 2.24) is 19.8 Å².